The molecule has 0 aliphatic heterocycles. The van der Waals surface area contributed by atoms with E-state index in [9.17, 15) is 4.79 Å². The summed E-state index contributed by atoms with van der Waals surface area (Å²) in [7, 11) is 1.66. The maximum Gasteiger partial charge on any atom is 0.219 e. The number of oxime groups is 1. The van der Waals surface area contributed by atoms with Crippen LogP contribution in [0, 0.1) is 0 Å². The molecule has 0 aliphatic carbocycles. The number of carbonyl (C=O) groups is 1. The summed E-state index contributed by atoms with van der Waals surface area (Å²) in [5, 5.41) is 10.9. The molecule has 0 unspecified atom stereocenters. The van der Waals surface area contributed by atoms with Crippen LogP contribution >= 0.6 is 0 Å². The van der Waals surface area contributed by atoms with Crippen LogP contribution in [0.15, 0.2) is 5.16 Å². The lowest BCUT2D eigenvalue weighted by molar-refractivity contribution is -0.127. The molecule has 0 aromatic carbocycles. The normalized spacial score (nSPS) is 11.3. The van der Waals surface area contributed by atoms with Gasteiger partial charge in [-0.15, -0.1) is 0 Å². The van der Waals surface area contributed by atoms with Gasteiger partial charge in [0.25, 0.3) is 0 Å². The van der Waals surface area contributed by atoms with E-state index in [1.807, 2.05) is 0 Å². The number of amides is 1. The van der Waals surface area contributed by atoms with Crippen molar-refractivity contribution in [3.63, 3.8) is 0 Å². The van der Waals surface area contributed by atoms with Crippen LogP contribution in [0.1, 0.15) is 13.3 Å². The van der Waals surface area contributed by atoms with E-state index in [1.54, 1.807) is 7.05 Å². The molecule has 0 fully saturated rings. The van der Waals surface area contributed by atoms with Crippen molar-refractivity contribution < 1.29 is 10.0 Å². The van der Waals surface area contributed by atoms with E-state index in [1.165, 1.54) is 11.8 Å². The Kier molecular flexibility index (Phi) is 4.02. The predicted molar refractivity (Wildman–Crippen MR) is 41.3 cm³/mol. The Bertz CT molecular complexity index is 167. The third-order valence-electron chi connectivity index (χ3n) is 1.37. The minimum absolute atomic E-state index is 0.0317. The van der Waals surface area contributed by atoms with Crippen LogP contribution in [0.2, 0.25) is 0 Å². The average molecular weight is 159 g/mol. The van der Waals surface area contributed by atoms with Crippen LogP contribution in [0.25, 0.3) is 0 Å². The van der Waals surface area contributed by atoms with E-state index in [0.29, 0.717) is 13.0 Å². The molecule has 0 aromatic heterocycles. The van der Waals surface area contributed by atoms with Crippen LogP contribution < -0.4 is 5.73 Å². The first-order chi connectivity index (χ1) is 5.07. The highest BCUT2D eigenvalue weighted by Crippen LogP contribution is 1.87. The summed E-state index contributed by atoms with van der Waals surface area (Å²) in [5.41, 5.74) is 5.18. The zero-order valence-electron chi connectivity index (χ0n) is 6.74. The Morgan fingerprint density at radius 2 is 2.27 bits per heavy atom. The van der Waals surface area contributed by atoms with Gasteiger partial charge in [0, 0.05) is 26.9 Å². The minimum atomic E-state index is -0.0317. The molecule has 11 heavy (non-hydrogen) atoms. The van der Waals surface area contributed by atoms with Crippen molar-refractivity contribution in [3.8, 4) is 0 Å². The molecule has 0 aliphatic rings. The Hall–Kier alpha value is -1.26. The second-order valence-corrected chi connectivity index (χ2v) is 2.28. The van der Waals surface area contributed by atoms with Gasteiger partial charge in [-0.05, 0) is 0 Å². The first-order valence-electron chi connectivity index (χ1n) is 3.26. The highest BCUT2D eigenvalue weighted by Gasteiger charge is 2.02. The fourth-order valence-electron chi connectivity index (χ4n) is 0.490. The summed E-state index contributed by atoms with van der Waals surface area (Å²) in [6, 6.07) is 0. The average Bonchev–Trinajstić information content (AvgIpc) is 1.99. The highest BCUT2D eigenvalue weighted by molar-refractivity contribution is 5.80. The molecule has 0 radical (unpaired) electrons. The quantitative estimate of drug-likeness (QED) is 0.254. The van der Waals surface area contributed by atoms with Gasteiger partial charge in [-0.25, -0.2) is 0 Å². The van der Waals surface area contributed by atoms with Crippen molar-refractivity contribution in [2.75, 3.05) is 13.6 Å². The van der Waals surface area contributed by atoms with E-state index in [-0.39, 0.29) is 11.7 Å². The first-order valence-corrected chi connectivity index (χ1v) is 3.26. The van der Waals surface area contributed by atoms with Gasteiger partial charge in [-0.1, -0.05) is 5.16 Å². The molecule has 0 bridgehead atoms. The molecule has 0 saturated carbocycles. The summed E-state index contributed by atoms with van der Waals surface area (Å²) < 4.78 is 0. The lowest BCUT2D eigenvalue weighted by Gasteiger charge is -2.13. The molecule has 1 amide bonds. The molecular formula is C6H13N3O2. The number of nitrogens with two attached hydrogens (primary N) is 1. The van der Waals surface area contributed by atoms with E-state index in [2.05, 4.69) is 5.16 Å². The fourth-order valence-corrected chi connectivity index (χ4v) is 0.490. The number of carbonyl (C=O) groups excluding carboxylic acids is 1. The molecule has 5 nitrogen and oxygen atoms in total. The molecule has 0 aromatic rings. The van der Waals surface area contributed by atoms with Gasteiger partial charge in [0.2, 0.25) is 5.91 Å². The summed E-state index contributed by atoms with van der Waals surface area (Å²) in [4.78, 5) is 12.1. The molecule has 0 saturated heterocycles. The number of hydrogen-bond acceptors (Lipinski definition) is 3. The number of rotatable bonds is 3. The number of hydrogen-bond donors (Lipinski definition) is 2. The van der Waals surface area contributed by atoms with E-state index >= 15 is 0 Å². The Balaban J connectivity index is 3.62. The van der Waals surface area contributed by atoms with Crippen molar-refractivity contribution in [3.05, 3.63) is 0 Å². The number of nitrogens with zero attached hydrogens (tertiary/aromatic N) is 2. The molecular weight excluding hydrogens is 146 g/mol. The zero-order valence-corrected chi connectivity index (χ0v) is 6.74. The van der Waals surface area contributed by atoms with Crippen LogP contribution in [0.5, 0.6) is 0 Å². The molecule has 0 rings (SSSR count). The van der Waals surface area contributed by atoms with Gasteiger partial charge < -0.3 is 15.8 Å². The van der Waals surface area contributed by atoms with Crippen molar-refractivity contribution in [2.24, 2.45) is 10.9 Å². The van der Waals surface area contributed by atoms with Crippen molar-refractivity contribution in [1.29, 1.82) is 0 Å². The van der Waals surface area contributed by atoms with Crippen molar-refractivity contribution in [2.45, 2.75) is 13.3 Å². The molecule has 3 N–H and O–H groups in total. The molecule has 0 spiro atoms. The van der Waals surface area contributed by atoms with E-state index in [4.69, 9.17) is 10.9 Å². The summed E-state index contributed by atoms with van der Waals surface area (Å²) >= 11 is 0. The van der Waals surface area contributed by atoms with Crippen LogP contribution in [-0.2, 0) is 4.79 Å². The monoisotopic (exact) mass is 159 g/mol. The van der Waals surface area contributed by atoms with Gasteiger partial charge in [-0.3, -0.25) is 4.79 Å². The largest absolute Gasteiger partial charge is 0.409 e. The molecule has 0 atom stereocenters. The third kappa shape index (κ3) is 4.19. The standard InChI is InChI=1S/C6H13N3O2/c1-5(10)9(2)4-3-6(7)8-11/h11H,3-4H2,1-2H3,(H2,7,8). The Morgan fingerprint density at radius 1 is 1.73 bits per heavy atom. The van der Waals surface area contributed by atoms with Gasteiger partial charge in [0.05, 0.1) is 0 Å². The van der Waals surface area contributed by atoms with Gasteiger partial charge in [0.15, 0.2) is 0 Å². The minimum Gasteiger partial charge on any atom is -0.409 e. The predicted octanol–water partition coefficient (Wildman–Crippen LogP) is -0.399. The second-order valence-electron chi connectivity index (χ2n) is 2.28. The molecule has 64 valence electrons. The lowest BCUT2D eigenvalue weighted by atomic mass is 10.4. The fraction of sp³-hybridized carbons (Fsp3) is 0.667. The SMILES string of the molecule is CC(=O)N(C)CC/C(N)=N/O. The summed E-state index contributed by atoms with van der Waals surface area (Å²) in [6.07, 6.45) is 0.395. The maximum absolute atomic E-state index is 10.6. The van der Waals surface area contributed by atoms with Crippen molar-refractivity contribution >= 4 is 11.7 Å². The Morgan fingerprint density at radius 3 is 2.64 bits per heavy atom. The Labute approximate surface area is 65.5 Å². The zero-order chi connectivity index (χ0) is 8.85. The smallest absolute Gasteiger partial charge is 0.219 e. The lowest BCUT2D eigenvalue weighted by Crippen LogP contribution is -2.28. The number of amidine groups is 1. The topological polar surface area (TPSA) is 78.9 Å². The van der Waals surface area contributed by atoms with Gasteiger partial charge in [0.1, 0.15) is 5.84 Å². The van der Waals surface area contributed by atoms with Gasteiger partial charge in [-0.2, -0.15) is 0 Å². The highest BCUT2D eigenvalue weighted by atomic mass is 16.4. The van der Waals surface area contributed by atoms with Crippen LogP contribution in [0.3, 0.4) is 0 Å². The van der Waals surface area contributed by atoms with E-state index in [0.717, 1.165) is 0 Å². The summed E-state index contributed by atoms with van der Waals surface area (Å²) in [5.74, 6) is 0.105. The van der Waals surface area contributed by atoms with Crippen LogP contribution in [-0.4, -0.2) is 35.4 Å². The molecule has 0 heterocycles. The first kappa shape index (κ1) is 9.74. The van der Waals surface area contributed by atoms with Crippen LogP contribution in [0.4, 0.5) is 0 Å². The van der Waals surface area contributed by atoms with E-state index < -0.39 is 0 Å². The van der Waals surface area contributed by atoms with Crippen molar-refractivity contribution in [1.82, 2.24) is 4.90 Å². The summed E-state index contributed by atoms with van der Waals surface area (Å²) in [6.45, 7) is 1.94. The van der Waals surface area contributed by atoms with Gasteiger partial charge >= 0.3 is 0 Å². The third-order valence-corrected chi connectivity index (χ3v) is 1.37. The maximum atomic E-state index is 10.6. The molecule has 5 heteroatoms. The second kappa shape index (κ2) is 4.54.